The molecule has 0 amide bonds. The summed E-state index contributed by atoms with van der Waals surface area (Å²) in [7, 11) is 0. The number of hydrogen-bond acceptors (Lipinski definition) is 4. The summed E-state index contributed by atoms with van der Waals surface area (Å²) in [6, 6.07) is 63.4. The molecule has 11 rings (SSSR count). The molecule has 0 aliphatic heterocycles. The average Bonchev–Trinajstić information content (AvgIpc) is 3.85. The Morgan fingerprint density at radius 2 is 1.07 bits per heavy atom. The molecule has 58 heavy (non-hydrogen) atoms. The Labute approximate surface area is 342 Å². The lowest BCUT2D eigenvalue weighted by atomic mass is 9.79. The quantitative estimate of drug-likeness (QED) is 0.169. The van der Waals surface area contributed by atoms with Gasteiger partial charge in [0, 0.05) is 48.0 Å². The van der Waals surface area contributed by atoms with E-state index in [1.807, 2.05) is 17.4 Å². The fourth-order valence-corrected chi connectivity index (χ4v) is 10.4. The summed E-state index contributed by atoms with van der Waals surface area (Å²) in [5, 5.41) is 16.8. The van der Waals surface area contributed by atoms with Gasteiger partial charge in [-0.05, 0) is 98.8 Å². The standard InChI is InChI=1S/C54H37N3S/c1-33-31-44-39-24-13-12-23-38(39)32-45(44)48(34(33)2)42-29-30-47-51(41-25-14-15-28-46(41)58-47)52(42)50-40(35-17-6-3-7-18-35)26-16-27-43(50)54-49(36-19-8-4-9-20-36)53(55-57-56-54)37-21-10-5-11-22-37/h3-31H,32H2,1-2H3. The third-order valence-electron chi connectivity index (χ3n) is 12.0. The van der Waals surface area contributed by atoms with Crippen LogP contribution in [0.5, 0.6) is 0 Å². The van der Waals surface area contributed by atoms with Crippen molar-refractivity contribution in [2.45, 2.75) is 20.3 Å². The first-order valence-corrected chi connectivity index (χ1v) is 20.6. The second kappa shape index (κ2) is 13.9. The predicted molar refractivity (Wildman–Crippen MR) is 243 cm³/mol. The Kier molecular flexibility index (Phi) is 8.19. The van der Waals surface area contributed by atoms with E-state index in [9.17, 15) is 0 Å². The molecular formula is C54H37N3S. The van der Waals surface area contributed by atoms with E-state index >= 15 is 0 Å². The van der Waals surface area contributed by atoms with Crippen LogP contribution >= 0.6 is 11.3 Å². The van der Waals surface area contributed by atoms with Crippen LogP contribution in [0.3, 0.4) is 0 Å². The Bertz CT molecular complexity index is 3200. The van der Waals surface area contributed by atoms with Gasteiger partial charge in [0.25, 0.3) is 0 Å². The molecule has 2 heterocycles. The zero-order valence-corrected chi connectivity index (χ0v) is 33.0. The second-order valence-electron chi connectivity index (χ2n) is 15.2. The number of hydrogen-bond donors (Lipinski definition) is 0. The predicted octanol–water partition coefficient (Wildman–Crippen LogP) is 14.4. The number of rotatable bonds is 6. The van der Waals surface area contributed by atoms with Crippen LogP contribution in [0.2, 0.25) is 0 Å². The highest BCUT2D eigenvalue weighted by Gasteiger charge is 2.30. The smallest absolute Gasteiger partial charge is 0.105 e. The van der Waals surface area contributed by atoms with Gasteiger partial charge in [-0.25, -0.2) is 0 Å². The summed E-state index contributed by atoms with van der Waals surface area (Å²) < 4.78 is 2.53. The zero-order valence-electron chi connectivity index (χ0n) is 32.2. The molecule has 0 spiro atoms. The number of thiophene rings is 1. The summed E-state index contributed by atoms with van der Waals surface area (Å²) in [6.45, 7) is 4.58. The van der Waals surface area contributed by atoms with Gasteiger partial charge in [-0.1, -0.05) is 164 Å². The maximum absolute atomic E-state index is 5.02. The molecule has 3 nitrogen and oxygen atoms in total. The largest absolute Gasteiger partial charge is 0.135 e. The Hall–Kier alpha value is -7.01. The first-order chi connectivity index (χ1) is 28.6. The van der Waals surface area contributed by atoms with Gasteiger partial charge in [0.05, 0.1) is 0 Å². The van der Waals surface area contributed by atoms with E-state index in [4.69, 9.17) is 10.2 Å². The molecule has 0 bridgehead atoms. The van der Waals surface area contributed by atoms with Crippen LogP contribution in [0.15, 0.2) is 176 Å². The van der Waals surface area contributed by atoms with Crippen molar-refractivity contribution in [1.29, 1.82) is 0 Å². The van der Waals surface area contributed by atoms with Crippen LogP contribution in [0, 0.1) is 13.8 Å². The van der Waals surface area contributed by atoms with Crippen LogP contribution in [0.4, 0.5) is 0 Å². The summed E-state index contributed by atoms with van der Waals surface area (Å²) >= 11 is 1.86. The zero-order chi connectivity index (χ0) is 38.7. The van der Waals surface area contributed by atoms with E-state index in [1.165, 1.54) is 70.2 Å². The van der Waals surface area contributed by atoms with Crippen molar-refractivity contribution in [2.75, 3.05) is 0 Å². The summed E-state index contributed by atoms with van der Waals surface area (Å²) in [6.07, 6.45) is 0.894. The van der Waals surface area contributed by atoms with Crippen LogP contribution in [0.1, 0.15) is 22.3 Å². The highest BCUT2D eigenvalue weighted by molar-refractivity contribution is 7.26. The molecule has 1 aliphatic rings. The van der Waals surface area contributed by atoms with Crippen LogP contribution in [-0.4, -0.2) is 15.4 Å². The molecule has 0 saturated heterocycles. The first-order valence-electron chi connectivity index (χ1n) is 19.8. The maximum atomic E-state index is 5.02. The van der Waals surface area contributed by atoms with Gasteiger partial charge >= 0.3 is 0 Å². The molecule has 0 fully saturated rings. The van der Waals surface area contributed by atoms with Gasteiger partial charge in [-0.15, -0.1) is 21.5 Å². The third kappa shape index (κ3) is 5.44. The van der Waals surface area contributed by atoms with Crippen LogP contribution in [0.25, 0.3) is 98.3 Å². The Balaban J connectivity index is 1.33. The monoisotopic (exact) mass is 759 g/mol. The lowest BCUT2D eigenvalue weighted by Crippen LogP contribution is -2.03. The highest BCUT2D eigenvalue weighted by atomic mass is 32.1. The van der Waals surface area contributed by atoms with Crippen molar-refractivity contribution in [2.24, 2.45) is 0 Å². The molecule has 0 saturated carbocycles. The molecule has 2 aromatic heterocycles. The summed E-state index contributed by atoms with van der Waals surface area (Å²) in [5.74, 6) is 0. The van der Waals surface area contributed by atoms with Crippen molar-refractivity contribution in [3.8, 4) is 78.1 Å². The van der Waals surface area contributed by atoms with Gasteiger partial charge in [0.15, 0.2) is 0 Å². The average molecular weight is 760 g/mol. The van der Waals surface area contributed by atoms with Gasteiger partial charge in [0.2, 0.25) is 0 Å². The summed E-state index contributed by atoms with van der Waals surface area (Å²) in [4.78, 5) is 0. The Morgan fingerprint density at radius 3 is 1.86 bits per heavy atom. The van der Waals surface area contributed by atoms with Crippen molar-refractivity contribution in [3.05, 3.63) is 198 Å². The number of fused-ring (bicyclic) bond motifs is 6. The highest BCUT2D eigenvalue weighted by Crippen LogP contribution is 2.54. The third-order valence-corrected chi connectivity index (χ3v) is 13.1. The molecule has 274 valence electrons. The van der Waals surface area contributed by atoms with Gasteiger partial charge in [-0.3, -0.25) is 0 Å². The topological polar surface area (TPSA) is 38.7 Å². The summed E-state index contributed by atoms with van der Waals surface area (Å²) in [5.41, 5.74) is 20.9. The maximum Gasteiger partial charge on any atom is 0.105 e. The van der Waals surface area contributed by atoms with Gasteiger partial charge < -0.3 is 0 Å². The van der Waals surface area contributed by atoms with E-state index in [0.29, 0.717) is 0 Å². The molecule has 4 heteroatoms. The number of aromatic nitrogens is 3. The fourth-order valence-electron chi connectivity index (χ4n) is 9.24. The number of nitrogens with zero attached hydrogens (tertiary/aromatic N) is 3. The lowest BCUT2D eigenvalue weighted by molar-refractivity contribution is 0.879. The van der Waals surface area contributed by atoms with Gasteiger partial charge in [0.1, 0.15) is 11.4 Å². The van der Waals surface area contributed by atoms with E-state index in [1.54, 1.807) is 0 Å². The second-order valence-corrected chi connectivity index (χ2v) is 16.3. The number of benzene rings is 8. The molecular weight excluding hydrogens is 723 g/mol. The minimum absolute atomic E-state index is 0.800. The lowest BCUT2D eigenvalue weighted by Gasteiger charge is -2.24. The van der Waals surface area contributed by atoms with E-state index in [-0.39, 0.29) is 0 Å². The molecule has 0 unspecified atom stereocenters. The van der Waals surface area contributed by atoms with Crippen molar-refractivity contribution >= 4 is 31.5 Å². The Morgan fingerprint density at radius 1 is 0.431 bits per heavy atom. The van der Waals surface area contributed by atoms with E-state index in [2.05, 4.69) is 189 Å². The van der Waals surface area contributed by atoms with Crippen molar-refractivity contribution in [3.63, 3.8) is 0 Å². The normalized spacial score (nSPS) is 11.9. The van der Waals surface area contributed by atoms with E-state index < -0.39 is 0 Å². The molecule has 0 radical (unpaired) electrons. The number of aryl methyl sites for hydroxylation is 1. The van der Waals surface area contributed by atoms with Gasteiger partial charge in [-0.2, -0.15) is 0 Å². The minimum atomic E-state index is 0.800. The molecule has 0 N–H and O–H groups in total. The molecule has 1 aliphatic carbocycles. The van der Waals surface area contributed by atoms with Crippen molar-refractivity contribution < 1.29 is 0 Å². The molecule has 0 atom stereocenters. The van der Waals surface area contributed by atoms with Crippen molar-refractivity contribution in [1.82, 2.24) is 15.4 Å². The SMILES string of the molecule is Cc1cc2c(c(-c3ccc4sc5ccccc5c4c3-c3c(-c4ccccc4)cccc3-c3nnnc(-c4ccccc4)c3-c3ccccc3)c1C)Cc1ccccc1-2. The van der Waals surface area contributed by atoms with Crippen LogP contribution < -0.4 is 0 Å². The first kappa shape index (κ1) is 34.3. The minimum Gasteiger partial charge on any atom is -0.135 e. The molecule has 8 aromatic carbocycles. The van der Waals surface area contributed by atoms with E-state index in [0.717, 1.165) is 56.8 Å². The fraction of sp³-hybridized carbons (Fsp3) is 0.0556. The van der Waals surface area contributed by atoms with Crippen LogP contribution in [-0.2, 0) is 6.42 Å². The molecule has 10 aromatic rings.